The highest BCUT2D eigenvalue weighted by Gasteiger charge is 2.12. The Balaban J connectivity index is 0.000000684. The smallest absolute Gasteiger partial charge is 0.372 e. The van der Waals surface area contributed by atoms with Gasteiger partial charge in [0.15, 0.2) is 5.71 Å². The Morgan fingerprint density at radius 1 is 0.964 bits per heavy atom. The number of Topliss-reactive ketones (excluding diaryl/α,β-unsaturated/α-hetero) is 1. The van der Waals surface area contributed by atoms with Crippen LogP contribution in [0.1, 0.15) is 46.1 Å². The van der Waals surface area contributed by atoms with E-state index in [1.807, 2.05) is 50.3 Å². The van der Waals surface area contributed by atoms with Crippen LogP contribution in [0, 0.1) is 11.8 Å². The van der Waals surface area contributed by atoms with Crippen LogP contribution in [0.25, 0.3) is 6.08 Å². The summed E-state index contributed by atoms with van der Waals surface area (Å²) in [6, 6.07) is 9.79. The molecule has 0 aliphatic rings. The van der Waals surface area contributed by atoms with Crippen LogP contribution in [0.2, 0.25) is 0 Å². The number of nitrogens with zero attached hydrogens (tertiary/aromatic N) is 1. The molecule has 0 radical (unpaired) electrons. The number of carbonyl (C=O) groups is 3. The highest BCUT2D eigenvalue weighted by atomic mass is 16.6. The molecule has 2 N–H and O–H groups in total. The zero-order chi connectivity index (χ0) is 21.5. The van der Waals surface area contributed by atoms with E-state index < -0.39 is 17.7 Å². The lowest BCUT2D eigenvalue weighted by Crippen LogP contribution is -2.16. The molecule has 0 amide bonds. The largest absolute Gasteiger partial charge is 0.477 e. The second kappa shape index (κ2) is 14.1. The van der Waals surface area contributed by atoms with Crippen LogP contribution in [-0.4, -0.2) is 40.3 Å². The van der Waals surface area contributed by atoms with Crippen LogP contribution in [0.4, 0.5) is 0 Å². The number of hydrogen-bond acceptors (Lipinski definition) is 5. The summed E-state index contributed by atoms with van der Waals surface area (Å²) in [4.78, 5) is 36.1. The molecule has 0 fully saturated rings. The van der Waals surface area contributed by atoms with Crippen molar-refractivity contribution in [2.45, 2.75) is 40.5 Å². The fourth-order valence-electron chi connectivity index (χ4n) is 1.91. The minimum absolute atomic E-state index is 0.0584. The van der Waals surface area contributed by atoms with Crippen molar-refractivity contribution in [3.8, 4) is 0 Å². The summed E-state index contributed by atoms with van der Waals surface area (Å²) < 4.78 is 0. The van der Waals surface area contributed by atoms with Crippen LogP contribution >= 0.6 is 0 Å². The SMILES string of the molecule is CC(C)C/C(=N/OC/C=C/c1ccccc1)C(=O)O.CC(C)CC(=O)C(=O)O. The predicted molar refractivity (Wildman–Crippen MR) is 108 cm³/mol. The van der Waals surface area contributed by atoms with Gasteiger partial charge in [-0.05, 0) is 23.5 Å². The quantitative estimate of drug-likeness (QED) is 0.271. The zero-order valence-corrected chi connectivity index (χ0v) is 16.8. The van der Waals surface area contributed by atoms with Gasteiger partial charge in [0.2, 0.25) is 5.78 Å². The van der Waals surface area contributed by atoms with Crippen molar-refractivity contribution in [3.63, 3.8) is 0 Å². The van der Waals surface area contributed by atoms with Gasteiger partial charge < -0.3 is 15.1 Å². The molecule has 1 rings (SSSR count). The van der Waals surface area contributed by atoms with Gasteiger partial charge in [-0.15, -0.1) is 0 Å². The summed E-state index contributed by atoms with van der Waals surface area (Å²) in [5.74, 6) is -2.69. The number of benzene rings is 1. The first-order valence-corrected chi connectivity index (χ1v) is 9.03. The first kappa shape index (κ1) is 25.0. The number of carboxylic acids is 2. The molecule has 0 aromatic heterocycles. The number of carboxylic acid groups (broad SMARTS) is 2. The van der Waals surface area contributed by atoms with Crippen LogP contribution in [0.3, 0.4) is 0 Å². The average Bonchev–Trinajstić information content (AvgIpc) is 2.60. The summed E-state index contributed by atoms with van der Waals surface area (Å²) in [6.45, 7) is 7.74. The molecule has 0 atom stereocenters. The molecule has 28 heavy (non-hydrogen) atoms. The Morgan fingerprint density at radius 3 is 1.96 bits per heavy atom. The highest BCUT2D eigenvalue weighted by Crippen LogP contribution is 2.03. The first-order valence-electron chi connectivity index (χ1n) is 9.03. The molecule has 0 saturated heterocycles. The molecule has 0 bridgehead atoms. The Labute approximate surface area is 165 Å². The molecule has 7 nitrogen and oxygen atoms in total. The van der Waals surface area contributed by atoms with E-state index >= 15 is 0 Å². The van der Waals surface area contributed by atoms with Gasteiger partial charge in [-0.2, -0.15) is 0 Å². The monoisotopic (exact) mass is 391 g/mol. The maximum atomic E-state index is 10.9. The molecule has 0 aliphatic heterocycles. The highest BCUT2D eigenvalue weighted by molar-refractivity contribution is 6.35. The molecule has 1 aromatic rings. The lowest BCUT2D eigenvalue weighted by molar-refractivity contribution is -0.149. The van der Waals surface area contributed by atoms with E-state index in [0.717, 1.165) is 5.56 Å². The van der Waals surface area contributed by atoms with Gasteiger partial charge >= 0.3 is 11.9 Å². The molecule has 0 saturated carbocycles. The van der Waals surface area contributed by atoms with E-state index in [0.29, 0.717) is 6.42 Å². The maximum Gasteiger partial charge on any atom is 0.372 e. The Morgan fingerprint density at radius 2 is 1.54 bits per heavy atom. The van der Waals surface area contributed by atoms with Crippen molar-refractivity contribution in [3.05, 3.63) is 42.0 Å². The van der Waals surface area contributed by atoms with Crippen molar-refractivity contribution in [2.24, 2.45) is 17.0 Å². The molecule has 7 heteroatoms. The van der Waals surface area contributed by atoms with Gasteiger partial charge in [0.25, 0.3) is 0 Å². The fraction of sp³-hybridized carbons (Fsp3) is 0.429. The van der Waals surface area contributed by atoms with Gasteiger partial charge in [-0.1, -0.05) is 69.3 Å². The molecule has 1 aromatic carbocycles. The summed E-state index contributed by atoms with van der Waals surface area (Å²) in [5.41, 5.74) is 1.12. The molecule has 0 heterocycles. The topological polar surface area (TPSA) is 113 Å². The van der Waals surface area contributed by atoms with Crippen molar-refractivity contribution in [2.75, 3.05) is 6.61 Å². The molecular formula is C21H29NO6. The normalized spacial score (nSPS) is 11.3. The number of rotatable bonds is 10. The molecule has 154 valence electrons. The summed E-state index contributed by atoms with van der Waals surface area (Å²) in [5, 5.41) is 20.7. The van der Waals surface area contributed by atoms with Crippen molar-refractivity contribution >= 4 is 29.5 Å². The third-order valence-corrected chi connectivity index (χ3v) is 3.14. The predicted octanol–water partition coefficient (Wildman–Crippen LogP) is 3.89. The van der Waals surface area contributed by atoms with E-state index in [2.05, 4.69) is 5.16 Å². The summed E-state index contributed by atoms with van der Waals surface area (Å²) in [7, 11) is 0. The number of aliphatic carboxylic acids is 2. The van der Waals surface area contributed by atoms with E-state index in [9.17, 15) is 14.4 Å². The van der Waals surface area contributed by atoms with Gasteiger partial charge in [0, 0.05) is 12.8 Å². The van der Waals surface area contributed by atoms with Gasteiger partial charge in [0.1, 0.15) is 6.61 Å². The maximum absolute atomic E-state index is 10.9. The second-order valence-electron chi connectivity index (χ2n) is 6.88. The molecule has 0 unspecified atom stereocenters. The number of oxime groups is 1. The third-order valence-electron chi connectivity index (χ3n) is 3.14. The Kier molecular flexibility index (Phi) is 12.6. The van der Waals surface area contributed by atoms with E-state index in [4.69, 9.17) is 15.1 Å². The lowest BCUT2D eigenvalue weighted by atomic mass is 10.1. The molecule has 0 aliphatic carbocycles. The third kappa shape index (κ3) is 13.3. The zero-order valence-electron chi connectivity index (χ0n) is 16.8. The van der Waals surface area contributed by atoms with Gasteiger partial charge in [0.05, 0.1) is 0 Å². The van der Waals surface area contributed by atoms with Crippen LogP contribution in [-0.2, 0) is 19.2 Å². The standard InChI is InChI=1S/C15H19NO3.C6H10O3/c1-12(2)11-14(15(17)18)16-19-10-6-9-13-7-4-3-5-8-13;1-4(2)3-5(7)6(8)9/h3-9,12H,10-11H2,1-2H3,(H,17,18);4H,3H2,1-2H3,(H,8,9)/b9-6+,16-14-;. The minimum atomic E-state index is -1.33. The van der Waals surface area contributed by atoms with E-state index in [-0.39, 0.29) is 30.6 Å². The van der Waals surface area contributed by atoms with Gasteiger partial charge in [-0.25, -0.2) is 9.59 Å². The van der Waals surface area contributed by atoms with E-state index in [1.165, 1.54) is 0 Å². The van der Waals surface area contributed by atoms with Crippen LogP contribution in [0.15, 0.2) is 41.6 Å². The Hall–Kier alpha value is -2.96. The summed E-state index contributed by atoms with van der Waals surface area (Å²) >= 11 is 0. The van der Waals surface area contributed by atoms with Crippen molar-refractivity contribution in [1.82, 2.24) is 0 Å². The fourth-order valence-corrected chi connectivity index (χ4v) is 1.91. The number of carbonyl (C=O) groups excluding carboxylic acids is 1. The van der Waals surface area contributed by atoms with Crippen molar-refractivity contribution < 1.29 is 29.4 Å². The molecule has 0 spiro atoms. The number of ketones is 1. The van der Waals surface area contributed by atoms with Gasteiger partial charge in [-0.3, -0.25) is 4.79 Å². The van der Waals surface area contributed by atoms with Crippen LogP contribution < -0.4 is 0 Å². The minimum Gasteiger partial charge on any atom is -0.477 e. The number of hydrogen-bond donors (Lipinski definition) is 2. The summed E-state index contributed by atoms with van der Waals surface area (Å²) in [6.07, 6.45) is 4.24. The second-order valence-corrected chi connectivity index (χ2v) is 6.88. The Bertz CT molecular complexity index is 677. The molecular weight excluding hydrogens is 362 g/mol. The average molecular weight is 391 g/mol. The van der Waals surface area contributed by atoms with Crippen molar-refractivity contribution in [1.29, 1.82) is 0 Å². The first-order chi connectivity index (χ1) is 13.1. The van der Waals surface area contributed by atoms with Crippen LogP contribution in [0.5, 0.6) is 0 Å². The lowest BCUT2D eigenvalue weighted by Gasteiger charge is -2.03. The van der Waals surface area contributed by atoms with E-state index in [1.54, 1.807) is 19.9 Å².